The Morgan fingerprint density at radius 2 is 2.35 bits per heavy atom. The molecule has 2 aromatic rings. The lowest BCUT2D eigenvalue weighted by Gasteiger charge is -2.34. The van der Waals surface area contributed by atoms with Crippen LogP contribution < -0.4 is 10.6 Å². The Morgan fingerprint density at radius 1 is 1.50 bits per heavy atom. The number of pyridine rings is 1. The van der Waals surface area contributed by atoms with E-state index in [0.717, 1.165) is 52.9 Å². The van der Waals surface area contributed by atoms with Crippen LogP contribution in [0.2, 0.25) is 0 Å². The van der Waals surface area contributed by atoms with Crippen LogP contribution in [-0.2, 0) is 4.74 Å². The largest absolute Gasteiger partial charge is 0.398 e. The van der Waals surface area contributed by atoms with Crippen LogP contribution in [0, 0.1) is 0 Å². The van der Waals surface area contributed by atoms with Gasteiger partial charge in [-0.05, 0) is 40.5 Å². The van der Waals surface area contributed by atoms with Crippen LogP contribution in [0.5, 0.6) is 0 Å². The second-order valence-corrected chi connectivity index (χ2v) is 5.99. The number of fused-ring (bicyclic) bond motifs is 1. The number of aromatic nitrogens is 1. The second-order valence-electron chi connectivity index (χ2n) is 5.07. The fraction of sp³-hybridized carbons (Fsp3) is 0.400. The second kappa shape index (κ2) is 5.58. The van der Waals surface area contributed by atoms with Gasteiger partial charge in [-0.15, -0.1) is 0 Å². The molecule has 1 aliphatic heterocycles. The van der Waals surface area contributed by atoms with E-state index in [0.29, 0.717) is 6.10 Å². The van der Waals surface area contributed by atoms with Crippen molar-refractivity contribution in [3.8, 4) is 0 Å². The molecule has 0 spiro atoms. The highest BCUT2D eigenvalue weighted by Gasteiger charge is 2.21. The maximum Gasteiger partial charge on any atom is 0.0956 e. The van der Waals surface area contributed by atoms with Crippen molar-refractivity contribution in [1.82, 2.24) is 4.98 Å². The first-order valence-electron chi connectivity index (χ1n) is 6.89. The highest BCUT2D eigenvalue weighted by Crippen LogP contribution is 2.32. The average molecular weight is 336 g/mol. The average Bonchev–Trinajstić information content (AvgIpc) is 2.48. The predicted octanol–water partition coefficient (Wildman–Crippen LogP) is 3.19. The summed E-state index contributed by atoms with van der Waals surface area (Å²) in [6.45, 7) is 4.73. The summed E-state index contributed by atoms with van der Waals surface area (Å²) in [5.74, 6) is 0. The zero-order valence-electron chi connectivity index (χ0n) is 11.5. The Bertz CT molecular complexity index is 632. The molecule has 0 aliphatic carbocycles. The molecular formula is C15H18BrN3O. The van der Waals surface area contributed by atoms with E-state index in [1.54, 1.807) is 0 Å². The number of benzene rings is 1. The van der Waals surface area contributed by atoms with E-state index in [9.17, 15) is 0 Å². The summed E-state index contributed by atoms with van der Waals surface area (Å²) in [7, 11) is 0. The zero-order valence-corrected chi connectivity index (χ0v) is 13.1. The van der Waals surface area contributed by atoms with Crippen molar-refractivity contribution < 1.29 is 4.74 Å². The quantitative estimate of drug-likeness (QED) is 0.856. The van der Waals surface area contributed by atoms with Gasteiger partial charge in [0.1, 0.15) is 0 Å². The molecule has 1 saturated heterocycles. The van der Waals surface area contributed by atoms with Crippen molar-refractivity contribution in [3.63, 3.8) is 0 Å². The first-order valence-corrected chi connectivity index (χ1v) is 7.68. The molecule has 106 valence electrons. The van der Waals surface area contributed by atoms with Crippen molar-refractivity contribution >= 4 is 38.2 Å². The molecule has 5 heteroatoms. The standard InChI is InChI=1S/C15H18BrN3O/c1-2-11-9-19(5-6-20-11)14-4-3-13(17)12-7-10(16)8-18-15(12)14/h3-4,7-8,11H,2,5-6,9,17H2,1H3. The molecule has 1 aromatic heterocycles. The van der Waals surface area contributed by atoms with Crippen molar-refractivity contribution in [3.05, 3.63) is 28.9 Å². The van der Waals surface area contributed by atoms with Crippen LogP contribution in [0.3, 0.4) is 0 Å². The molecule has 4 nitrogen and oxygen atoms in total. The first-order chi connectivity index (χ1) is 9.69. The lowest BCUT2D eigenvalue weighted by molar-refractivity contribution is 0.0385. The van der Waals surface area contributed by atoms with E-state index in [1.165, 1.54) is 0 Å². The molecular weight excluding hydrogens is 318 g/mol. The van der Waals surface area contributed by atoms with Gasteiger partial charge in [-0.2, -0.15) is 0 Å². The highest BCUT2D eigenvalue weighted by molar-refractivity contribution is 9.10. The molecule has 0 amide bonds. The molecule has 2 heterocycles. The van der Waals surface area contributed by atoms with E-state index in [2.05, 4.69) is 38.8 Å². The summed E-state index contributed by atoms with van der Waals surface area (Å²) in [5, 5.41) is 0.997. The van der Waals surface area contributed by atoms with Gasteiger partial charge in [0.05, 0.1) is 23.9 Å². The van der Waals surface area contributed by atoms with Gasteiger partial charge in [-0.3, -0.25) is 4.98 Å². The van der Waals surface area contributed by atoms with E-state index in [-0.39, 0.29) is 0 Å². The smallest absolute Gasteiger partial charge is 0.0956 e. The van der Waals surface area contributed by atoms with Gasteiger partial charge in [0.15, 0.2) is 0 Å². The molecule has 0 radical (unpaired) electrons. The molecule has 1 atom stereocenters. The van der Waals surface area contributed by atoms with Gasteiger partial charge in [0, 0.05) is 34.8 Å². The number of nitrogens with two attached hydrogens (primary N) is 1. The first kappa shape index (κ1) is 13.6. The Kier molecular flexibility index (Phi) is 3.81. The van der Waals surface area contributed by atoms with E-state index in [4.69, 9.17) is 10.5 Å². The summed E-state index contributed by atoms with van der Waals surface area (Å²) in [4.78, 5) is 6.91. The van der Waals surface area contributed by atoms with Crippen LogP contribution in [0.15, 0.2) is 28.9 Å². The Labute approximate surface area is 127 Å². The minimum absolute atomic E-state index is 0.298. The van der Waals surface area contributed by atoms with Crippen LogP contribution in [-0.4, -0.2) is 30.8 Å². The summed E-state index contributed by atoms with van der Waals surface area (Å²) in [6, 6.07) is 6.05. The number of anilines is 2. The Hall–Kier alpha value is -1.33. The number of morpholine rings is 1. The van der Waals surface area contributed by atoms with Crippen molar-refractivity contribution in [2.24, 2.45) is 0 Å². The number of hydrogen-bond acceptors (Lipinski definition) is 4. The summed E-state index contributed by atoms with van der Waals surface area (Å²) >= 11 is 3.46. The number of hydrogen-bond donors (Lipinski definition) is 1. The van der Waals surface area contributed by atoms with E-state index < -0.39 is 0 Å². The third-order valence-corrected chi connectivity index (χ3v) is 4.20. The maximum absolute atomic E-state index is 6.07. The minimum Gasteiger partial charge on any atom is -0.398 e. The minimum atomic E-state index is 0.298. The lowest BCUT2D eigenvalue weighted by Crippen LogP contribution is -2.42. The van der Waals surface area contributed by atoms with Gasteiger partial charge in [-0.25, -0.2) is 0 Å². The number of halogens is 1. The predicted molar refractivity (Wildman–Crippen MR) is 86.1 cm³/mol. The lowest BCUT2D eigenvalue weighted by atomic mass is 10.1. The number of rotatable bonds is 2. The molecule has 1 unspecified atom stereocenters. The fourth-order valence-electron chi connectivity index (χ4n) is 2.64. The van der Waals surface area contributed by atoms with Gasteiger partial charge in [0.2, 0.25) is 0 Å². The topological polar surface area (TPSA) is 51.4 Å². The zero-order chi connectivity index (χ0) is 14.1. The normalized spacial score (nSPS) is 19.5. The Morgan fingerprint density at radius 3 is 3.15 bits per heavy atom. The van der Waals surface area contributed by atoms with Gasteiger partial charge in [0.25, 0.3) is 0 Å². The summed E-state index contributed by atoms with van der Waals surface area (Å²) < 4.78 is 6.69. The van der Waals surface area contributed by atoms with Crippen LogP contribution >= 0.6 is 15.9 Å². The number of nitrogen functional groups attached to an aromatic ring is 1. The summed E-state index contributed by atoms with van der Waals surface area (Å²) in [6.07, 6.45) is 3.15. The highest BCUT2D eigenvalue weighted by atomic mass is 79.9. The molecule has 0 bridgehead atoms. The van der Waals surface area contributed by atoms with Gasteiger partial charge in [-0.1, -0.05) is 6.92 Å². The van der Waals surface area contributed by atoms with E-state index in [1.807, 2.05) is 18.3 Å². The number of ether oxygens (including phenoxy) is 1. The van der Waals surface area contributed by atoms with Crippen molar-refractivity contribution in [1.29, 1.82) is 0 Å². The van der Waals surface area contributed by atoms with Gasteiger partial charge < -0.3 is 15.4 Å². The number of nitrogens with zero attached hydrogens (tertiary/aromatic N) is 2. The van der Waals surface area contributed by atoms with Crippen LogP contribution in [0.25, 0.3) is 10.9 Å². The molecule has 0 saturated carbocycles. The molecule has 3 rings (SSSR count). The molecule has 1 aliphatic rings. The molecule has 1 aromatic carbocycles. The molecule has 20 heavy (non-hydrogen) atoms. The van der Waals surface area contributed by atoms with Crippen molar-refractivity contribution in [2.75, 3.05) is 30.3 Å². The van der Waals surface area contributed by atoms with E-state index >= 15 is 0 Å². The van der Waals surface area contributed by atoms with Crippen LogP contribution in [0.1, 0.15) is 13.3 Å². The summed E-state index contributed by atoms with van der Waals surface area (Å²) in [5.41, 5.74) is 8.94. The third kappa shape index (κ3) is 2.47. The Balaban J connectivity index is 2.05. The molecule has 2 N–H and O–H groups in total. The van der Waals surface area contributed by atoms with Gasteiger partial charge >= 0.3 is 0 Å². The maximum atomic E-state index is 6.07. The molecule has 1 fully saturated rings. The van der Waals surface area contributed by atoms with Crippen molar-refractivity contribution in [2.45, 2.75) is 19.4 Å². The fourth-order valence-corrected chi connectivity index (χ4v) is 2.97. The monoisotopic (exact) mass is 335 g/mol. The SMILES string of the molecule is CCC1CN(c2ccc(N)c3cc(Br)cnc23)CCO1. The third-order valence-electron chi connectivity index (χ3n) is 3.76. The van der Waals surface area contributed by atoms with Crippen LogP contribution in [0.4, 0.5) is 11.4 Å².